The second kappa shape index (κ2) is 6.73. The van der Waals surface area contributed by atoms with Crippen LogP contribution in [0.1, 0.15) is 45.1 Å². The standard InChI is InChI=1S/C17H23N3O2/c1-4-10-17(11-5-2)14(21)19-16(20-15(17)22)18-13-9-7-6-8-12(13)3/h6-9H,4-5,10-11H2,1-3H3,(H2,18,19,20,21,22). The van der Waals surface area contributed by atoms with Gasteiger partial charge in [-0.2, -0.15) is 0 Å². The minimum absolute atomic E-state index is 0.215. The van der Waals surface area contributed by atoms with Gasteiger partial charge in [0.25, 0.3) is 0 Å². The number of hydrogen-bond acceptors (Lipinski definition) is 3. The molecule has 0 saturated carbocycles. The van der Waals surface area contributed by atoms with Crippen molar-refractivity contribution in [2.24, 2.45) is 10.4 Å². The van der Waals surface area contributed by atoms with Crippen molar-refractivity contribution < 1.29 is 9.59 Å². The summed E-state index contributed by atoms with van der Waals surface area (Å²) in [4.78, 5) is 29.4. The first kappa shape index (κ1) is 16.2. The molecule has 5 nitrogen and oxygen atoms in total. The van der Waals surface area contributed by atoms with Gasteiger partial charge in [-0.15, -0.1) is 0 Å². The number of nitrogens with one attached hydrogen (secondary N) is 2. The predicted octanol–water partition coefficient (Wildman–Crippen LogP) is 2.82. The fourth-order valence-electron chi connectivity index (χ4n) is 2.89. The SMILES string of the molecule is CCCC1(CCC)C(=O)NC(=Nc2ccccc2C)NC1=O. The van der Waals surface area contributed by atoms with Crippen molar-refractivity contribution >= 4 is 23.5 Å². The van der Waals surface area contributed by atoms with Crippen molar-refractivity contribution in [3.05, 3.63) is 29.8 Å². The summed E-state index contributed by atoms with van der Waals surface area (Å²) in [6.07, 6.45) is 2.67. The molecule has 1 fully saturated rings. The molecule has 1 aliphatic heterocycles. The molecule has 1 heterocycles. The van der Waals surface area contributed by atoms with E-state index in [9.17, 15) is 9.59 Å². The minimum Gasteiger partial charge on any atom is -0.295 e. The monoisotopic (exact) mass is 301 g/mol. The Morgan fingerprint density at radius 3 is 2.05 bits per heavy atom. The van der Waals surface area contributed by atoms with Gasteiger partial charge in [0.1, 0.15) is 5.41 Å². The van der Waals surface area contributed by atoms with Crippen LogP contribution in [-0.4, -0.2) is 17.8 Å². The van der Waals surface area contributed by atoms with E-state index in [1.54, 1.807) is 0 Å². The molecule has 0 aromatic heterocycles. The molecule has 0 radical (unpaired) electrons. The fourth-order valence-corrected chi connectivity index (χ4v) is 2.89. The normalized spacial score (nSPS) is 17.0. The summed E-state index contributed by atoms with van der Waals surface area (Å²) in [6, 6.07) is 7.58. The second-order valence-corrected chi connectivity index (χ2v) is 5.74. The summed E-state index contributed by atoms with van der Waals surface area (Å²) in [5, 5.41) is 5.52. The Balaban J connectivity index is 2.28. The van der Waals surface area contributed by atoms with Crippen LogP contribution in [0.4, 0.5) is 5.69 Å². The summed E-state index contributed by atoms with van der Waals surface area (Å²) < 4.78 is 0. The number of guanidine groups is 1. The molecule has 0 aliphatic carbocycles. The van der Waals surface area contributed by atoms with E-state index in [2.05, 4.69) is 15.6 Å². The molecule has 118 valence electrons. The number of para-hydroxylation sites is 1. The van der Waals surface area contributed by atoms with Gasteiger partial charge in [0, 0.05) is 0 Å². The Morgan fingerprint density at radius 2 is 1.55 bits per heavy atom. The number of carbonyl (C=O) groups is 2. The quantitative estimate of drug-likeness (QED) is 0.821. The number of carbonyl (C=O) groups excluding carboxylic acids is 2. The third-order valence-corrected chi connectivity index (χ3v) is 4.03. The summed E-state index contributed by atoms with van der Waals surface area (Å²) >= 11 is 0. The highest BCUT2D eigenvalue weighted by Crippen LogP contribution is 2.32. The van der Waals surface area contributed by atoms with Gasteiger partial charge in [-0.3, -0.25) is 20.2 Å². The van der Waals surface area contributed by atoms with Gasteiger partial charge in [-0.1, -0.05) is 44.9 Å². The van der Waals surface area contributed by atoms with Gasteiger partial charge in [0.15, 0.2) is 0 Å². The molecule has 2 N–H and O–H groups in total. The fraction of sp³-hybridized carbons (Fsp3) is 0.471. The first-order valence-electron chi connectivity index (χ1n) is 7.80. The molecule has 0 bridgehead atoms. The highest BCUT2D eigenvalue weighted by Gasteiger charge is 2.48. The smallest absolute Gasteiger partial charge is 0.242 e. The van der Waals surface area contributed by atoms with Crippen molar-refractivity contribution in [3.8, 4) is 0 Å². The Morgan fingerprint density at radius 1 is 1.00 bits per heavy atom. The van der Waals surface area contributed by atoms with Crippen molar-refractivity contribution in [2.45, 2.75) is 46.5 Å². The van der Waals surface area contributed by atoms with Gasteiger partial charge in [-0.05, 0) is 31.4 Å². The van der Waals surface area contributed by atoms with Gasteiger partial charge >= 0.3 is 0 Å². The summed E-state index contributed by atoms with van der Waals surface area (Å²) in [5.74, 6) is -0.272. The summed E-state index contributed by atoms with van der Waals surface area (Å²) in [7, 11) is 0. The van der Waals surface area contributed by atoms with Gasteiger partial charge in [0.05, 0.1) is 5.69 Å². The number of hydrogen-bond donors (Lipinski definition) is 2. The average molecular weight is 301 g/mol. The molecule has 2 amide bonds. The van der Waals surface area contributed by atoms with Crippen LogP contribution in [0.5, 0.6) is 0 Å². The number of nitrogens with zero attached hydrogens (tertiary/aromatic N) is 1. The topological polar surface area (TPSA) is 70.6 Å². The van der Waals surface area contributed by atoms with Crippen LogP contribution < -0.4 is 10.6 Å². The van der Waals surface area contributed by atoms with E-state index in [4.69, 9.17) is 0 Å². The lowest BCUT2D eigenvalue weighted by Gasteiger charge is -2.35. The third kappa shape index (κ3) is 3.03. The van der Waals surface area contributed by atoms with Gasteiger partial charge in [-0.25, -0.2) is 4.99 Å². The number of benzene rings is 1. The molecule has 0 unspecified atom stereocenters. The molecular formula is C17H23N3O2. The highest BCUT2D eigenvalue weighted by atomic mass is 16.2. The molecule has 22 heavy (non-hydrogen) atoms. The van der Waals surface area contributed by atoms with Crippen LogP contribution in [0.2, 0.25) is 0 Å². The van der Waals surface area contributed by atoms with Crippen molar-refractivity contribution in [2.75, 3.05) is 0 Å². The molecule has 0 spiro atoms. The number of aliphatic imine (C=N–C) groups is 1. The van der Waals surface area contributed by atoms with Crippen molar-refractivity contribution in [1.29, 1.82) is 0 Å². The lowest BCUT2D eigenvalue weighted by atomic mass is 9.76. The van der Waals surface area contributed by atoms with Crippen molar-refractivity contribution in [3.63, 3.8) is 0 Å². The van der Waals surface area contributed by atoms with Crippen LogP contribution in [0.3, 0.4) is 0 Å². The van der Waals surface area contributed by atoms with Crippen molar-refractivity contribution in [1.82, 2.24) is 10.6 Å². The molecule has 1 aliphatic rings. The van der Waals surface area contributed by atoms with Crippen LogP contribution in [0.15, 0.2) is 29.3 Å². The average Bonchev–Trinajstić information content (AvgIpc) is 2.47. The Hall–Kier alpha value is -2.17. The maximum absolute atomic E-state index is 12.5. The summed E-state index contributed by atoms with van der Waals surface area (Å²) in [5.41, 5.74) is 0.753. The Bertz CT molecular complexity index is 580. The largest absolute Gasteiger partial charge is 0.295 e. The molecule has 5 heteroatoms. The zero-order valence-electron chi connectivity index (χ0n) is 13.4. The first-order valence-corrected chi connectivity index (χ1v) is 7.80. The lowest BCUT2D eigenvalue weighted by molar-refractivity contribution is -0.144. The Kier molecular flexibility index (Phi) is 4.96. The zero-order valence-corrected chi connectivity index (χ0v) is 13.4. The van der Waals surface area contributed by atoms with Crippen LogP contribution in [-0.2, 0) is 9.59 Å². The Labute approximate surface area is 131 Å². The van der Waals surface area contributed by atoms with E-state index >= 15 is 0 Å². The second-order valence-electron chi connectivity index (χ2n) is 5.74. The highest BCUT2D eigenvalue weighted by molar-refractivity contribution is 6.20. The maximum atomic E-state index is 12.5. The minimum atomic E-state index is -0.964. The van der Waals surface area contributed by atoms with E-state index in [1.807, 2.05) is 45.0 Å². The van der Waals surface area contributed by atoms with E-state index < -0.39 is 5.41 Å². The molecule has 0 atom stereocenters. The molecule has 2 rings (SSSR count). The van der Waals surface area contributed by atoms with Gasteiger partial charge in [0.2, 0.25) is 17.8 Å². The van der Waals surface area contributed by atoms with Crippen LogP contribution in [0.25, 0.3) is 0 Å². The molecule has 1 aromatic carbocycles. The van der Waals surface area contributed by atoms with E-state index in [0.29, 0.717) is 12.8 Å². The van der Waals surface area contributed by atoms with E-state index in [-0.39, 0.29) is 17.8 Å². The maximum Gasteiger partial charge on any atom is 0.242 e. The van der Waals surface area contributed by atoms with Crippen LogP contribution in [0, 0.1) is 12.3 Å². The van der Waals surface area contributed by atoms with E-state index in [1.165, 1.54) is 0 Å². The number of amides is 2. The third-order valence-electron chi connectivity index (χ3n) is 4.03. The van der Waals surface area contributed by atoms with E-state index in [0.717, 1.165) is 24.1 Å². The number of rotatable bonds is 5. The van der Waals surface area contributed by atoms with Gasteiger partial charge < -0.3 is 0 Å². The zero-order chi connectivity index (χ0) is 16.2. The lowest BCUT2D eigenvalue weighted by Crippen LogP contribution is -2.62. The molecule has 1 aromatic rings. The van der Waals surface area contributed by atoms with Crippen LogP contribution >= 0.6 is 0 Å². The predicted molar refractivity (Wildman–Crippen MR) is 86.8 cm³/mol. The summed E-state index contributed by atoms with van der Waals surface area (Å²) in [6.45, 7) is 5.90. The number of aryl methyl sites for hydroxylation is 1. The first-order chi connectivity index (χ1) is 10.5. The molecular weight excluding hydrogens is 278 g/mol. The molecule has 1 saturated heterocycles.